The number of benzene rings is 2. The number of aromatic nitrogens is 8. The van der Waals surface area contributed by atoms with E-state index in [1.807, 2.05) is 61.7 Å². The maximum absolute atomic E-state index is 13.1. The van der Waals surface area contributed by atoms with Gasteiger partial charge in [-0.3, -0.25) is 32.2 Å². The van der Waals surface area contributed by atoms with E-state index in [9.17, 15) is 23.6 Å². The van der Waals surface area contributed by atoms with Crippen molar-refractivity contribution in [3.05, 3.63) is 116 Å². The first-order chi connectivity index (χ1) is 26.3. The quantitative estimate of drug-likeness (QED) is 0.0938. The lowest BCUT2D eigenvalue weighted by Crippen LogP contribution is -2.39. The second-order valence-electron chi connectivity index (χ2n) is 12.3. The van der Waals surface area contributed by atoms with Gasteiger partial charge in [0.2, 0.25) is 0 Å². The fourth-order valence-corrected chi connectivity index (χ4v) is 7.24. The van der Waals surface area contributed by atoms with Crippen LogP contribution in [0.3, 0.4) is 0 Å². The summed E-state index contributed by atoms with van der Waals surface area (Å²) in [5, 5.41) is 2.06. The zero-order valence-corrected chi connectivity index (χ0v) is 34.7. The van der Waals surface area contributed by atoms with Gasteiger partial charge in [0.1, 0.15) is 0 Å². The van der Waals surface area contributed by atoms with Gasteiger partial charge in [-0.05, 0) is 69.9 Å². The van der Waals surface area contributed by atoms with Gasteiger partial charge in [0.05, 0.1) is 21.6 Å². The van der Waals surface area contributed by atoms with Crippen LogP contribution in [-0.2, 0) is 40.3 Å². The molecular formula is C37H44BrCl2FN8O4S. The molecule has 0 N–H and O–H groups in total. The summed E-state index contributed by atoms with van der Waals surface area (Å²) in [5.41, 5.74) is 2.47. The second-order valence-corrected chi connectivity index (χ2v) is 15.1. The Morgan fingerprint density at radius 1 is 0.704 bits per heavy atom. The summed E-state index contributed by atoms with van der Waals surface area (Å²) >= 11 is 16.9. The van der Waals surface area contributed by atoms with E-state index in [1.54, 1.807) is 42.6 Å². The summed E-state index contributed by atoms with van der Waals surface area (Å²) in [6, 6.07) is 14.9. The first-order valence-electron chi connectivity index (χ1n) is 18.1. The van der Waals surface area contributed by atoms with Gasteiger partial charge >= 0.3 is 11.4 Å². The van der Waals surface area contributed by atoms with Crippen molar-refractivity contribution < 1.29 is 5.76 Å². The lowest BCUT2D eigenvalue weighted by Gasteiger charge is -2.11. The van der Waals surface area contributed by atoms with E-state index in [4.69, 9.17) is 24.6 Å². The summed E-state index contributed by atoms with van der Waals surface area (Å²) in [7, 11) is 2.31. The van der Waals surface area contributed by atoms with E-state index in [1.165, 1.54) is 18.3 Å². The van der Waals surface area contributed by atoms with Gasteiger partial charge in [0.25, 0.3) is 11.1 Å². The molecule has 0 fully saturated rings. The summed E-state index contributed by atoms with van der Waals surface area (Å²) in [6.07, 6.45) is 3.37. The van der Waals surface area contributed by atoms with Crippen LogP contribution in [0.2, 0.25) is 10.0 Å². The lowest BCUT2D eigenvalue weighted by atomic mass is 10.2. The SMILES string of the molecule is CCCCn1c(=O)c2c(nc(Br)n2Cc2ccc(Cl)cc2)n(C)c1=O.CCCCn1c(=O)c2c(nc(SCC)n2Cc2ccc(Cl)cc2)n(C)c1=O.[2H]CF. The minimum Gasteiger partial charge on any atom is -0.309 e. The molecule has 0 saturated heterocycles. The fraction of sp³-hybridized carbons (Fsp3) is 0.405. The number of fused-ring (bicyclic) bond motifs is 2. The van der Waals surface area contributed by atoms with Gasteiger partial charge < -0.3 is 9.13 Å². The number of nitrogens with zero attached hydrogens (tertiary/aromatic N) is 8. The molecule has 0 radical (unpaired) electrons. The average Bonchev–Trinajstić information content (AvgIpc) is 3.69. The van der Waals surface area contributed by atoms with E-state index in [2.05, 4.69) is 25.9 Å². The molecule has 6 aromatic rings. The molecule has 0 unspecified atom stereocenters. The molecule has 0 bridgehead atoms. The molecule has 0 amide bonds. The first kappa shape index (κ1) is 41.2. The zero-order chi connectivity index (χ0) is 40.4. The highest BCUT2D eigenvalue weighted by Gasteiger charge is 2.21. The van der Waals surface area contributed by atoms with Crippen LogP contribution in [-0.4, -0.2) is 50.3 Å². The zero-order valence-electron chi connectivity index (χ0n) is 31.8. The van der Waals surface area contributed by atoms with E-state index < -0.39 is 7.15 Å². The Morgan fingerprint density at radius 3 is 1.54 bits per heavy atom. The maximum Gasteiger partial charge on any atom is 0.332 e. The topological polar surface area (TPSA) is 124 Å². The van der Waals surface area contributed by atoms with Crippen molar-refractivity contribution in [3.63, 3.8) is 0 Å². The normalized spacial score (nSPS) is 11.3. The average molecular weight is 868 g/mol. The molecule has 17 heteroatoms. The van der Waals surface area contributed by atoms with Crippen molar-refractivity contribution in [2.24, 2.45) is 14.1 Å². The number of unbranched alkanes of at least 4 members (excludes halogenated alkanes) is 2. The predicted molar refractivity (Wildman–Crippen MR) is 221 cm³/mol. The number of aryl methyl sites for hydroxylation is 2. The highest BCUT2D eigenvalue weighted by Crippen LogP contribution is 2.24. The number of thioether (sulfide) groups is 1. The van der Waals surface area contributed by atoms with Crippen molar-refractivity contribution in [1.82, 2.24) is 37.4 Å². The van der Waals surface area contributed by atoms with Crippen molar-refractivity contribution in [3.8, 4) is 0 Å². The van der Waals surface area contributed by atoms with E-state index in [-0.39, 0.29) is 22.5 Å². The van der Waals surface area contributed by atoms with Gasteiger partial charge in [-0.25, -0.2) is 19.6 Å². The molecule has 6 rings (SSSR count). The maximum atomic E-state index is 13.1. The largest absolute Gasteiger partial charge is 0.332 e. The molecule has 290 valence electrons. The van der Waals surface area contributed by atoms with E-state index >= 15 is 0 Å². The molecule has 0 aliphatic rings. The third-order valence-corrected chi connectivity index (χ3v) is 10.6. The molecular weight excluding hydrogens is 822 g/mol. The van der Waals surface area contributed by atoms with Gasteiger partial charge in [-0.15, -0.1) is 0 Å². The predicted octanol–water partition coefficient (Wildman–Crippen LogP) is 7.26. The molecule has 12 nitrogen and oxygen atoms in total. The smallest absolute Gasteiger partial charge is 0.309 e. The minimum absolute atomic E-state index is 0.272. The van der Waals surface area contributed by atoms with Crippen LogP contribution < -0.4 is 22.5 Å². The van der Waals surface area contributed by atoms with Crippen molar-refractivity contribution >= 4 is 73.2 Å². The van der Waals surface area contributed by atoms with E-state index in [0.717, 1.165) is 47.7 Å². The molecule has 4 aromatic heterocycles. The highest BCUT2D eigenvalue weighted by atomic mass is 79.9. The third-order valence-electron chi connectivity index (χ3n) is 8.64. The van der Waals surface area contributed by atoms with Gasteiger partial charge in [0, 0.05) is 37.2 Å². The Morgan fingerprint density at radius 2 is 1.11 bits per heavy atom. The minimum atomic E-state index is -1.00. The molecule has 0 aliphatic heterocycles. The molecule has 0 spiro atoms. The Balaban J connectivity index is 0.000000229. The second kappa shape index (κ2) is 19.6. The van der Waals surface area contributed by atoms with E-state index in [0.29, 0.717) is 63.3 Å². The van der Waals surface area contributed by atoms with Crippen LogP contribution in [0.15, 0.2) is 77.6 Å². The number of halogens is 4. The molecule has 4 heterocycles. The van der Waals surface area contributed by atoms with Crippen LogP contribution >= 0.6 is 50.9 Å². The molecule has 0 aliphatic carbocycles. The van der Waals surface area contributed by atoms with Crippen molar-refractivity contribution in [2.45, 2.75) is 77.8 Å². The molecule has 2 aromatic carbocycles. The van der Waals surface area contributed by atoms with Crippen LogP contribution in [0.25, 0.3) is 22.3 Å². The Kier molecular flexibility index (Phi) is 15.0. The van der Waals surface area contributed by atoms with Crippen molar-refractivity contribution in [2.75, 3.05) is 12.9 Å². The molecule has 54 heavy (non-hydrogen) atoms. The summed E-state index contributed by atoms with van der Waals surface area (Å²) < 4.78 is 25.2. The lowest BCUT2D eigenvalue weighted by molar-refractivity contribution is 0.564. The number of hydrogen-bond acceptors (Lipinski definition) is 7. The Labute approximate surface area is 335 Å². The number of hydrogen-bond donors (Lipinski definition) is 0. The van der Waals surface area contributed by atoms with Crippen LogP contribution in [0.1, 0.15) is 59.0 Å². The fourth-order valence-electron chi connectivity index (χ4n) is 5.80. The summed E-state index contributed by atoms with van der Waals surface area (Å²) in [4.78, 5) is 60.2. The van der Waals surface area contributed by atoms with Crippen LogP contribution in [0.4, 0.5) is 4.39 Å². The summed E-state index contributed by atoms with van der Waals surface area (Å²) in [6.45, 7) is 7.87. The molecule has 0 atom stereocenters. The van der Waals surface area contributed by atoms with Crippen LogP contribution in [0, 0.1) is 0 Å². The number of rotatable bonds is 12. The number of alkyl halides is 1. The summed E-state index contributed by atoms with van der Waals surface area (Å²) in [5.74, 6) is 0.821. The monoisotopic (exact) mass is 865 g/mol. The highest BCUT2D eigenvalue weighted by molar-refractivity contribution is 9.10. The third kappa shape index (κ3) is 9.29. The first-order valence-corrected chi connectivity index (χ1v) is 19.9. The van der Waals surface area contributed by atoms with Crippen molar-refractivity contribution in [1.29, 1.82) is 0 Å². The van der Waals surface area contributed by atoms with Gasteiger partial charge in [-0.1, -0.05) is 92.8 Å². The molecule has 0 saturated carbocycles. The van der Waals surface area contributed by atoms with Gasteiger partial charge in [-0.2, -0.15) is 0 Å². The van der Waals surface area contributed by atoms with Gasteiger partial charge in [0.15, 0.2) is 32.2 Å². The Bertz CT molecular complexity index is 2480. The standard InChI is InChI=1S/C19H23ClN4O2S.C17H18BrClN4O2.CH3F/c1-4-6-11-23-17(25)15-16(22(3)19(23)26)21-18(27-5-2)24(15)12-13-7-9-14(20)10-8-13;1-3-4-9-22-15(24)13-14(21(2)17(22)25)20-16(18)23(13)10-11-5-7-12(19)8-6-11;1-2/h7-10H,4-6,11-12H2,1-3H3;5-8H,3-4,9-10H2,1-2H3;1H3/i;;1D. The Hall–Kier alpha value is -3.92. The number of imidazole rings is 2. The van der Waals surface area contributed by atoms with Crippen LogP contribution in [0.5, 0.6) is 0 Å².